The predicted molar refractivity (Wildman–Crippen MR) is 85.1 cm³/mol. The Morgan fingerprint density at radius 3 is 2.68 bits per heavy atom. The van der Waals surface area contributed by atoms with E-state index in [0.29, 0.717) is 6.54 Å². The summed E-state index contributed by atoms with van der Waals surface area (Å²) in [4.78, 5) is 12.0. The molecule has 2 heterocycles. The third kappa shape index (κ3) is 2.16. The van der Waals surface area contributed by atoms with E-state index in [1.807, 2.05) is 24.3 Å². The number of para-hydroxylation sites is 1. The van der Waals surface area contributed by atoms with Crippen molar-refractivity contribution in [2.45, 2.75) is 6.54 Å². The van der Waals surface area contributed by atoms with Gasteiger partial charge in [-0.1, -0.05) is 30.3 Å². The van der Waals surface area contributed by atoms with Gasteiger partial charge in [0.1, 0.15) is 23.2 Å². The molecular formula is C17H13FN4. The summed E-state index contributed by atoms with van der Waals surface area (Å²) in [6.45, 7) is 0.571. The first kappa shape index (κ1) is 12.8. The molecule has 4 nitrogen and oxygen atoms in total. The van der Waals surface area contributed by atoms with E-state index in [9.17, 15) is 4.39 Å². The average molecular weight is 292 g/mol. The summed E-state index contributed by atoms with van der Waals surface area (Å²) in [5, 5.41) is 4.35. The molecule has 0 unspecified atom stereocenters. The molecule has 22 heavy (non-hydrogen) atoms. The molecule has 0 aliphatic rings. The van der Waals surface area contributed by atoms with E-state index in [0.717, 1.165) is 33.3 Å². The zero-order valence-electron chi connectivity index (χ0n) is 11.7. The number of halogens is 1. The van der Waals surface area contributed by atoms with Gasteiger partial charge in [0.15, 0.2) is 5.82 Å². The van der Waals surface area contributed by atoms with Crippen LogP contribution in [-0.2, 0) is 6.54 Å². The van der Waals surface area contributed by atoms with E-state index in [-0.39, 0.29) is 5.82 Å². The fourth-order valence-corrected chi connectivity index (χ4v) is 2.56. The third-order valence-corrected chi connectivity index (χ3v) is 3.66. The average Bonchev–Trinajstić information content (AvgIpc) is 2.94. The lowest BCUT2D eigenvalue weighted by molar-refractivity contribution is 0.627. The highest BCUT2D eigenvalue weighted by Gasteiger charge is 2.09. The minimum Gasteiger partial charge on any atom is -0.364 e. The normalized spacial score (nSPS) is 11.1. The first-order valence-electron chi connectivity index (χ1n) is 7.01. The summed E-state index contributed by atoms with van der Waals surface area (Å²) in [5.74, 6) is 0.509. The summed E-state index contributed by atoms with van der Waals surface area (Å²) < 4.78 is 12.9. The van der Waals surface area contributed by atoms with Crippen LogP contribution in [0, 0.1) is 5.82 Å². The highest BCUT2D eigenvalue weighted by Crippen LogP contribution is 2.27. The van der Waals surface area contributed by atoms with E-state index in [4.69, 9.17) is 0 Å². The number of hydrogen-bond acceptors (Lipinski definition) is 3. The van der Waals surface area contributed by atoms with E-state index < -0.39 is 0 Å². The topological polar surface area (TPSA) is 53.6 Å². The SMILES string of the molecule is Fc1ccc(CNc2ncnc3c2[nH]c2ccccc23)cc1. The predicted octanol–water partition coefficient (Wildman–Crippen LogP) is 3.86. The number of fused-ring (bicyclic) bond motifs is 3. The van der Waals surface area contributed by atoms with Gasteiger partial charge in [0, 0.05) is 17.4 Å². The number of hydrogen-bond donors (Lipinski definition) is 2. The van der Waals surface area contributed by atoms with Gasteiger partial charge in [-0.05, 0) is 23.8 Å². The Morgan fingerprint density at radius 1 is 1.00 bits per heavy atom. The first-order valence-corrected chi connectivity index (χ1v) is 7.01. The van der Waals surface area contributed by atoms with Crippen LogP contribution in [0.1, 0.15) is 5.56 Å². The second-order valence-electron chi connectivity index (χ2n) is 5.10. The molecule has 4 aromatic rings. The molecule has 0 radical (unpaired) electrons. The number of rotatable bonds is 3. The molecule has 0 bridgehead atoms. The van der Waals surface area contributed by atoms with Crippen molar-refractivity contribution in [3.63, 3.8) is 0 Å². The van der Waals surface area contributed by atoms with Crippen molar-refractivity contribution < 1.29 is 4.39 Å². The molecule has 4 rings (SSSR count). The molecule has 0 aliphatic heterocycles. The van der Waals surface area contributed by atoms with Crippen molar-refractivity contribution in [3.05, 3.63) is 66.2 Å². The van der Waals surface area contributed by atoms with E-state index >= 15 is 0 Å². The Bertz CT molecular complexity index is 944. The monoisotopic (exact) mass is 292 g/mol. The molecule has 2 N–H and O–H groups in total. The third-order valence-electron chi connectivity index (χ3n) is 3.66. The van der Waals surface area contributed by atoms with Crippen LogP contribution in [0.5, 0.6) is 0 Å². The first-order chi connectivity index (χ1) is 10.8. The van der Waals surface area contributed by atoms with Crippen LogP contribution in [-0.4, -0.2) is 15.0 Å². The van der Waals surface area contributed by atoms with Gasteiger partial charge in [0.25, 0.3) is 0 Å². The van der Waals surface area contributed by atoms with Gasteiger partial charge in [-0.15, -0.1) is 0 Å². The summed E-state index contributed by atoms with van der Waals surface area (Å²) in [7, 11) is 0. The number of aromatic nitrogens is 3. The van der Waals surface area contributed by atoms with E-state index in [1.54, 1.807) is 18.5 Å². The second-order valence-corrected chi connectivity index (χ2v) is 5.10. The van der Waals surface area contributed by atoms with Crippen LogP contribution >= 0.6 is 0 Å². The molecular weight excluding hydrogens is 279 g/mol. The highest BCUT2D eigenvalue weighted by molar-refractivity contribution is 6.07. The molecule has 0 saturated heterocycles. The van der Waals surface area contributed by atoms with Crippen molar-refractivity contribution in [1.82, 2.24) is 15.0 Å². The Labute approximate surface area is 126 Å². The van der Waals surface area contributed by atoms with Crippen molar-refractivity contribution in [2.75, 3.05) is 5.32 Å². The Morgan fingerprint density at radius 2 is 1.82 bits per heavy atom. The highest BCUT2D eigenvalue weighted by atomic mass is 19.1. The minimum absolute atomic E-state index is 0.233. The number of nitrogens with zero attached hydrogens (tertiary/aromatic N) is 2. The number of nitrogens with one attached hydrogen (secondary N) is 2. The molecule has 0 amide bonds. The zero-order valence-corrected chi connectivity index (χ0v) is 11.7. The number of benzene rings is 2. The molecule has 0 saturated carbocycles. The van der Waals surface area contributed by atoms with Gasteiger partial charge in [-0.2, -0.15) is 0 Å². The maximum atomic E-state index is 12.9. The van der Waals surface area contributed by atoms with Crippen LogP contribution in [0.15, 0.2) is 54.9 Å². The summed E-state index contributed by atoms with van der Waals surface area (Å²) in [6.07, 6.45) is 1.55. The van der Waals surface area contributed by atoms with Crippen LogP contribution in [0.2, 0.25) is 0 Å². The lowest BCUT2D eigenvalue weighted by Gasteiger charge is -2.06. The molecule has 0 spiro atoms. The smallest absolute Gasteiger partial charge is 0.154 e. The number of H-pyrrole nitrogens is 1. The molecule has 0 fully saturated rings. The molecule has 0 atom stereocenters. The van der Waals surface area contributed by atoms with Crippen LogP contribution in [0.3, 0.4) is 0 Å². The van der Waals surface area contributed by atoms with Gasteiger partial charge < -0.3 is 10.3 Å². The van der Waals surface area contributed by atoms with Crippen LogP contribution in [0.4, 0.5) is 10.2 Å². The Kier molecular flexibility index (Phi) is 2.96. The standard InChI is InChI=1S/C17H13FN4/c18-12-7-5-11(6-8-12)9-19-17-16-15(20-10-21-17)13-3-1-2-4-14(13)22-16/h1-8,10,22H,9H2,(H,19,20,21). The lowest BCUT2D eigenvalue weighted by atomic mass is 10.2. The van der Waals surface area contributed by atoms with Gasteiger partial charge in [0.2, 0.25) is 0 Å². The maximum absolute atomic E-state index is 12.9. The van der Waals surface area contributed by atoms with Gasteiger partial charge in [-0.3, -0.25) is 0 Å². The van der Waals surface area contributed by atoms with E-state index in [2.05, 4.69) is 20.3 Å². The Balaban J connectivity index is 1.70. The van der Waals surface area contributed by atoms with Crippen molar-refractivity contribution in [3.8, 4) is 0 Å². The molecule has 5 heteroatoms. The number of anilines is 1. The molecule has 108 valence electrons. The van der Waals surface area contributed by atoms with Crippen molar-refractivity contribution in [2.24, 2.45) is 0 Å². The fraction of sp³-hybridized carbons (Fsp3) is 0.0588. The van der Waals surface area contributed by atoms with Crippen molar-refractivity contribution >= 4 is 27.8 Å². The van der Waals surface area contributed by atoms with Gasteiger partial charge in [0.05, 0.1) is 0 Å². The lowest BCUT2D eigenvalue weighted by Crippen LogP contribution is -2.02. The minimum atomic E-state index is -0.233. The van der Waals surface area contributed by atoms with Crippen LogP contribution in [0.25, 0.3) is 21.9 Å². The fourth-order valence-electron chi connectivity index (χ4n) is 2.56. The Hall–Kier alpha value is -2.95. The summed E-state index contributed by atoms with van der Waals surface area (Å²) in [5.41, 5.74) is 3.80. The number of aromatic amines is 1. The molecule has 0 aliphatic carbocycles. The quantitative estimate of drug-likeness (QED) is 0.603. The van der Waals surface area contributed by atoms with Gasteiger partial charge in [-0.25, -0.2) is 14.4 Å². The zero-order chi connectivity index (χ0) is 14.9. The van der Waals surface area contributed by atoms with Gasteiger partial charge >= 0.3 is 0 Å². The summed E-state index contributed by atoms with van der Waals surface area (Å²) in [6, 6.07) is 14.4. The molecule has 2 aromatic carbocycles. The molecule has 2 aromatic heterocycles. The largest absolute Gasteiger partial charge is 0.364 e. The van der Waals surface area contributed by atoms with Crippen LogP contribution < -0.4 is 5.32 Å². The van der Waals surface area contributed by atoms with Crippen molar-refractivity contribution in [1.29, 1.82) is 0 Å². The second kappa shape index (κ2) is 5.11. The van der Waals surface area contributed by atoms with E-state index in [1.165, 1.54) is 12.1 Å². The maximum Gasteiger partial charge on any atom is 0.154 e. The summed E-state index contributed by atoms with van der Waals surface area (Å²) >= 11 is 0.